The second-order valence-corrected chi connectivity index (χ2v) is 11.2. The fraction of sp³-hybridized carbons (Fsp3) is 0.172. The predicted molar refractivity (Wildman–Crippen MR) is 155 cm³/mol. The van der Waals surface area contributed by atoms with Crippen molar-refractivity contribution >= 4 is 33.5 Å². The number of amides is 1. The maximum atomic E-state index is 13.4. The number of carbonyl (C=O) groups is 1. The van der Waals surface area contributed by atoms with Crippen LogP contribution in [0.5, 0.6) is 0 Å². The van der Waals surface area contributed by atoms with Gasteiger partial charge in [0.15, 0.2) is 0 Å². The molecule has 0 atom stereocenters. The van der Waals surface area contributed by atoms with Crippen LogP contribution in [0.25, 0.3) is 5.69 Å². The molecule has 0 fully saturated rings. The minimum atomic E-state index is -4.22. The molecule has 0 unspecified atom stereocenters. The molecule has 4 aromatic rings. The van der Waals surface area contributed by atoms with Crippen LogP contribution in [0.15, 0.2) is 88.9 Å². The van der Waals surface area contributed by atoms with E-state index < -0.39 is 27.4 Å². The number of benzene rings is 3. The van der Waals surface area contributed by atoms with E-state index in [-0.39, 0.29) is 16.3 Å². The quantitative estimate of drug-likeness (QED) is 0.176. The Morgan fingerprint density at radius 2 is 1.73 bits per heavy atom. The lowest BCUT2D eigenvalue weighted by molar-refractivity contribution is -0.384. The molecule has 0 radical (unpaired) electrons. The normalized spacial score (nSPS) is 11.5. The summed E-state index contributed by atoms with van der Waals surface area (Å²) in [7, 11) is -4.22. The summed E-state index contributed by atoms with van der Waals surface area (Å²) in [5.74, 6) is -0.717. The van der Waals surface area contributed by atoms with Gasteiger partial charge in [0.25, 0.3) is 21.6 Å². The Bertz CT molecular complexity index is 1710. The van der Waals surface area contributed by atoms with Gasteiger partial charge >= 0.3 is 0 Å². The summed E-state index contributed by atoms with van der Waals surface area (Å²) >= 11 is 0. The zero-order chi connectivity index (χ0) is 29.0. The first-order valence-corrected chi connectivity index (χ1v) is 13.8. The highest BCUT2D eigenvalue weighted by molar-refractivity contribution is 7.92. The van der Waals surface area contributed by atoms with Crippen LogP contribution in [0.3, 0.4) is 0 Å². The van der Waals surface area contributed by atoms with Crippen LogP contribution in [-0.4, -0.2) is 36.6 Å². The number of hydrogen-bond acceptors (Lipinski definition) is 6. The lowest BCUT2D eigenvalue weighted by Gasteiger charge is -2.23. The van der Waals surface area contributed by atoms with Crippen molar-refractivity contribution in [3.05, 3.63) is 117 Å². The second-order valence-electron chi connectivity index (χ2n) is 9.35. The number of carbonyl (C=O) groups excluding carboxylic acids is 1. The lowest BCUT2D eigenvalue weighted by Crippen LogP contribution is -2.39. The van der Waals surface area contributed by atoms with Crippen molar-refractivity contribution in [2.75, 3.05) is 10.8 Å². The van der Waals surface area contributed by atoms with Crippen molar-refractivity contribution in [2.24, 2.45) is 5.10 Å². The number of nitrogens with one attached hydrogen (secondary N) is 1. The Kier molecular flexibility index (Phi) is 8.15. The fourth-order valence-electron chi connectivity index (χ4n) is 4.48. The zero-order valence-corrected chi connectivity index (χ0v) is 23.3. The molecule has 40 heavy (non-hydrogen) atoms. The number of anilines is 1. The summed E-state index contributed by atoms with van der Waals surface area (Å²) in [5.41, 5.74) is 8.10. The highest BCUT2D eigenvalue weighted by atomic mass is 32.2. The number of hydrazone groups is 1. The van der Waals surface area contributed by atoms with E-state index in [1.165, 1.54) is 42.1 Å². The minimum Gasteiger partial charge on any atom is -0.318 e. The minimum absolute atomic E-state index is 0.0193. The van der Waals surface area contributed by atoms with E-state index in [9.17, 15) is 23.3 Å². The molecule has 0 saturated carbocycles. The van der Waals surface area contributed by atoms with Crippen LogP contribution in [0.4, 0.5) is 11.4 Å². The van der Waals surface area contributed by atoms with Gasteiger partial charge < -0.3 is 4.57 Å². The molecule has 0 saturated heterocycles. The number of sulfonamides is 1. The third-order valence-corrected chi connectivity index (χ3v) is 8.19. The zero-order valence-electron chi connectivity index (χ0n) is 22.5. The highest BCUT2D eigenvalue weighted by Gasteiger charge is 2.28. The second kappa shape index (κ2) is 11.5. The SMILES string of the molecule is Cc1ccc(-n2c(C)cc(/C=N\NC(=O)CN(c3cccc([N+](=O)[O-])c3)S(=O)(=O)c3ccccc3)c2C)c(C)c1. The van der Waals surface area contributed by atoms with Gasteiger partial charge in [0.1, 0.15) is 6.54 Å². The number of nitro groups is 1. The molecule has 0 spiro atoms. The molecule has 206 valence electrons. The number of non-ortho nitro benzene ring substituents is 1. The van der Waals surface area contributed by atoms with E-state index in [4.69, 9.17) is 0 Å². The number of nitrogens with zero attached hydrogens (tertiary/aromatic N) is 4. The van der Waals surface area contributed by atoms with Crippen molar-refractivity contribution in [3.8, 4) is 5.69 Å². The standard InChI is InChI=1S/C29H29N5O5S/c1-20-13-14-28(21(2)15-20)33-22(3)16-24(23(33)4)18-30-31-29(35)19-32(25-9-8-10-26(17-25)34(36)37)40(38,39)27-11-6-5-7-12-27/h5-18H,19H2,1-4H3,(H,31,35)/b30-18-. The van der Waals surface area contributed by atoms with Crippen LogP contribution in [0, 0.1) is 37.8 Å². The molecule has 1 N–H and O–H groups in total. The predicted octanol–water partition coefficient (Wildman–Crippen LogP) is 4.96. The largest absolute Gasteiger partial charge is 0.318 e. The van der Waals surface area contributed by atoms with Gasteiger partial charge in [0.2, 0.25) is 0 Å². The maximum absolute atomic E-state index is 13.4. The Morgan fingerprint density at radius 1 is 1.00 bits per heavy atom. The van der Waals surface area contributed by atoms with Crippen molar-refractivity contribution in [3.63, 3.8) is 0 Å². The summed E-state index contributed by atoms with van der Waals surface area (Å²) in [4.78, 5) is 23.5. The van der Waals surface area contributed by atoms with Gasteiger partial charge in [-0.1, -0.05) is 42.0 Å². The lowest BCUT2D eigenvalue weighted by atomic mass is 10.1. The maximum Gasteiger partial charge on any atom is 0.271 e. The van der Waals surface area contributed by atoms with Gasteiger partial charge in [-0.15, -0.1) is 0 Å². The molecule has 4 rings (SSSR count). The molecule has 0 aliphatic carbocycles. The van der Waals surface area contributed by atoms with Crippen molar-refractivity contribution in [2.45, 2.75) is 32.6 Å². The van der Waals surface area contributed by atoms with E-state index in [2.05, 4.69) is 27.2 Å². The van der Waals surface area contributed by atoms with Crippen molar-refractivity contribution in [1.29, 1.82) is 0 Å². The van der Waals surface area contributed by atoms with Crippen molar-refractivity contribution in [1.82, 2.24) is 9.99 Å². The van der Waals surface area contributed by atoms with Gasteiger partial charge in [-0.3, -0.25) is 19.2 Å². The van der Waals surface area contributed by atoms with Gasteiger partial charge in [-0.05, 0) is 63.6 Å². The van der Waals surface area contributed by atoms with Crippen LogP contribution in [0.2, 0.25) is 0 Å². The summed E-state index contributed by atoms with van der Waals surface area (Å²) < 4.78 is 29.8. The third kappa shape index (κ3) is 5.94. The molecule has 0 aliphatic heterocycles. The van der Waals surface area contributed by atoms with Gasteiger partial charge in [-0.2, -0.15) is 5.10 Å². The number of hydrogen-bond donors (Lipinski definition) is 1. The molecular formula is C29H29N5O5S. The van der Waals surface area contributed by atoms with E-state index in [1.54, 1.807) is 18.2 Å². The molecule has 0 aliphatic rings. The smallest absolute Gasteiger partial charge is 0.271 e. The summed E-state index contributed by atoms with van der Waals surface area (Å²) in [6.45, 7) is 7.38. The Balaban J connectivity index is 1.58. The van der Waals surface area contributed by atoms with Crippen LogP contribution in [0.1, 0.15) is 28.1 Å². The molecule has 0 bridgehead atoms. The average Bonchev–Trinajstić information content (AvgIpc) is 3.20. The molecule has 1 heterocycles. The van der Waals surface area contributed by atoms with E-state index in [1.807, 2.05) is 39.8 Å². The summed E-state index contributed by atoms with van der Waals surface area (Å²) in [6, 6.07) is 20.8. The highest BCUT2D eigenvalue weighted by Crippen LogP contribution is 2.27. The van der Waals surface area contributed by atoms with Crippen molar-refractivity contribution < 1.29 is 18.1 Å². The summed E-state index contributed by atoms with van der Waals surface area (Å²) in [5, 5.41) is 15.4. The van der Waals surface area contributed by atoms with Crippen LogP contribution < -0.4 is 9.73 Å². The van der Waals surface area contributed by atoms with Gasteiger partial charge in [-0.25, -0.2) is 13.8 Å². The first-order valence-electron chi connectivity index (χ1n) is 12.4. The molecule has 1 amide bonds. The summed E-state index contributed by atoms with van der Waals surface area (Å²) in [6.07, 6.45) is 1.50. The molecule has 3 aromatic carbocycles. The monoisotopic (exact) mass is 559 g/mol. The molecular weight excluding hydrogens is 530 g/mol. The molecule has 11 heteroatoms. The van der Waals surface area contributed by atoms with Crippen LogP contribution in [-0.2, 0) is 14.8 Å². The number of aryl methyl sites for hydroxylation is 3. The average molecular weight is 560 g/mol. The number of aromatic nitrogens is 1. The first kappa shape index (κ1) is 28.2. The Morgan fingerprint density at radius 3 is 2.40 bits per heavy atom. The van der Waals surface area contributed by atoms with Gasteiger partial charge in [0.05, 0.1) is 21.7 Å². The molecule has 10 nitrogen and oxygen atoms in total. The Hall–Kier alpha value is -4.77. The number of rotatable bonds is 9. The molecule has 1 aromatic heterocycles. The van der Waals surface area contributed by atoms with E-state index >= 15 is 0 Å². The fourth-order valence-corrected chi connectivity index (χ4v) is 5.92. The van der Waals surface area contributed by atoms with E-state index in [0.717, 1.165) is 38.6 Å². The third-order valence-electron chi connectivity index (χ3n) is 6.40. The topological polar surface area (TPSA) is 127 Å². The number of nitro benzene ring substituents is 1. The first-order chi connectivity index (χ1) is 19.0. The van der Waals surface area contributed by atoms with E-state index in [0.29, 0.717) is 0 Å². The van der Waals surface area contributed by atoms with Crippen LogP contribution >= 0.6 is 0 Å². The van der Waals surface area contributed by atoms with Gasteiger partial charge in [0, 0.05) is 34.8 Å². The Labute approximate surface area is 232 Å².